The fraction of sp³-hybridized carbons (Fsp3) is 0.125. The monoisotopic (exact) mass is 296 g/mol. The average Bonchev–Trinajstić information content (AvgIpc) is 2.52. The van der Waals surface area contributed by atoms with E-state index in [4.69, 9.17) is 9.47 Å². The number of rotatable bonds is 6. The van der Waals surface area contributed by atoms with Crippen molar-refractivity contribution in [2.45, 2.75) is 6.92 Å². The van der Waals surface area contributed by atoms with E-state index in [1.165, 1.54) is 12.2 Å². The molecule has 6 heteroatoms. The van der Waals surface area contributed by atoms with Crippen LogP contribution in [0.5, 0.6) is 11.5 Å². The summed E-state index contributed by atoms with van der Waals surface area (Å²) in [6.45, 7) is 1.83. The highest BCUT2D eigenvalue weighted by Crippen LogP contribution is 2.28. The minimum atomic E-state index is -0.0548. The maximum atomic E-state index is 10.4. The van der Waals surface area contributed by atoms with E-state index in [1.54, 1.807) is 36.4 Å². The van der Waals surface area contributed by atoms with Crippen molar-refractivity contribution in [3.63, 3.8) is 0 Å². The Balaban J connectivity index is 1.99. The van der Waals surface area contributed by atoms with Gasteiger partial charge < -0.3 is 9.47 Å². The Labute approximate surface area is 126 Å². The van der Waals surface area contributed by atoms with Crippen molar-refractivity contribution in [2.75, 3.05) is 6.79 Å². The molecule has 2 aromatic carbocycles. The summed E-state index contributed by atoms with van der Waals surface area (Å²) in [4.78, 5) is 27.6. The van der Waals surface area contributed by atoms with E-state index in [-0.39, 0.29) is 6.79 Å². The number of hydrogen-bond donors (Lipinski definition) is 0. The Hall–Kier alpha value is -3.20. The molecule has 0 aliphatic carbocycles. The van der Waals surface area contributed by atoms with Gasteiger partial charge in [0.15, 0.2) is 0 Å². The molecule has 110 valence electrons. The molecule has 0 amide bonds. The van der Waals surface area contributed by atoms with E-state index in [1.807, 2.05) is 13.0 Å². The predicted octanol–water partition coefficient (Wildman–Crippen LogP) is 3.34. The fourth-order valence-electron chi connectivity index (χ4n) is 1.72. The van der Waals surface area contributed by atoms with Crippen LogP contribution in [-0.4, -0.2) is 19.0 Å². The highest BCUT2D eigenvalue weighted by molar-refractivity contribution is 5.58. The summed E-state index contributed by atoms with van der Waals surface area (Å²) in [7, 11) is 0. The smallest absolute Gasteiger partial charge is 0.240 e. The van der Waals surface area contributed by atoms with Crippen LogP contribution in [0, 0.1) is 6.92 Å². The Morgan fingerprint density at radius 1 is 0.955 bits per heavy atom. The van der Waals surface area contributed by atoms with E-state index in [0.717, 1.165) is 5.56 Å². The van der Waals surface area contributed by atoms with Gasteiger partial charge in [0.2, 0.25) is 19.0 Å². The normalized spacial score (nSPS) is 9.32. The van der Waals surface area contributed by atoms with Crippen LogP contribution in [0.25, 0.3) is 0 Å². The van der Waals surface area contributed by atoms with Crippen molar-refractivity contribution in [1.82, 2.24) is 0 Å². The highest BCUT2D eigenvalue weighted by Gasteiger charge is 2.03. The average molecular weight is 296 g/mol. The molecule has 2 rings (SSSR count). The van der Waals surface area contributed by atoms with Crippen LogP contribution < -0.4 is 9.47 Å². The number of hydrogen-bond acceptors (Lipinski definition) is 6. The van der Waals surface area contributed by atoms with Crippen molar-refractivity contribution in [1.29, 1.82) is 0 Å². The Kier molecular flexibility index (Phi) is 5.21. The number of nitrogens with zero attached hydrogens (tertiary/aromatic N) is 2. The molecule has 0 radical (unpaired) electrons. The van der Waals surface area contributed by atoms with Crippen LogP contribution in [-0.2, 0) is 9.59 Å². The first-order valence-corrected chi connectivity index (χ1v) is 6.35. The van der Waals surface area contributed by atoms with E-state index in [0.29, 0.717) is 22.9 Å². The van der Waals surface area contributed by atoms with Gasteiger partial charge in [0.25, 0.3) is 0 Å². The molecule has 0 heterocycles. The molecule has 0 bridgehead atoms. The molecule has 0 fully saturated rings. The van der Waals surface area contributed by atoms with Crippen molar-refractivity contribution in [3.05, 3.63) is 48.0 Å². The first-order chi connectivity index (χ1) is 10.7. The van der Waals surface area contributed by atoms with E-state index >= 15 is 0 Å². The van der Waals surface area contributed by atoms with Gasteiger partial charge in [0.1, 0.15) is 17.2 Å². The molecule has 0 N–H and O–H groups in total. The van der Waals surface area contributed by atoms with Crippen LogP contribution in [0.4, 0.5) is 11.4 Å². The third kappa shape index (κ3) is 4.15. The molecule has 0 spiro atoms. The number of carbonyl (C=O) groups excluding carboxylic acids is 2. The van der Waals surface area contributed by atoms with Gasteiger partial charge in [-0.1, -0.05) is 6.07 Å². The van der Waals surface area contributed by atoms with Crippen LogP contribution in [0.1, 0.15) is 5.56 Å². The van der Waals surface area contributed by atoms with Gasteiger partial charge in [-0.2, -0.15) is 9.98 Å². The third-order valence-corrected chi connectivity index (χ3v) is 2.73. The summed E-state index contributed by atoms with van der Waals surface area (Å²) in [6, 6.07) is 11.8. The first kappa shape index (κ1) is 15.2. The number of ether oxygens (including phenoxy) is 2. The molecule has 0 unspecified atom stereocenters. The molecule has 2 aromatic rings. The lowest BCUT2D eigenvalue weighted by Crippen LogP contribution is -2.05. The molecule has 0 atom stereocenters. The van der Waals surface area contributed by atoms with Crippen molar-refractivity contribution < 1.29 is 19.1 Å². The maximum Gasteiger partial charge on any atom is 0.240 e. The largest absolute Gasteiger partial charge is 0.457 e. The summed E-state index contributed by atoms with van der Waals surface area (Å²) in [5.41, 5.74) is 1.84. The van der Waals surface area contributed by atoms with Gasteiger partial charge in [0.05, 0.1) is 5.69 Å². The topological polar surface area (TPSA) is 77.3 Å². The summed E-state index contributed by atoms with van der Waals surface area (Å²) in [5.74, 6) is 0.980. The van der Waals surface area contributed by atoms with Gasteiger partial charge >= 0.3 is 0 Å². The second-order valence-electron chi connectivity index (χ2n) is 4.28. The van der Waals surface area contributed by atoms with Crippen molar-refractivity contribution in [3.8, 4) is 11.5 Å². The lowest BCUT2D eigenvalue weighted by molar-refractivity contribution is 0.120. The number of isocyanates is 2. The molecular weight excluding hydrogens is 284 g/mol. The second-order valence-corrected chi connectivity index (χ2v) is 4.28. The molecule has 6 nitrogen and oxygen atoms in total. The van der Waals surface area contributed by atoms with E-state index in [2.05, 4.69) is 9.98 Å². The Morgan fingerprint density at radius 3 is 2.36 bits per heavy atom. The zero-order chi connectivity index (χ0) is 15.8. The highest BCUT2D eigenvalue weighted by atomic mass is 16.7. The van der Waals surface area contributed by atoms with Gasteiger partial charge in [-0.25, -0.2) is 9.59 Å². The van der Waals surface area contributed by atoms with Crippen LogP contribution in [0.3, 0.4) is 0 Å². The van der Waals surface area contributed by atoms with Gasteiger partial charge in [0, 0.05) is 0 Å². The Morgan fingerprint density at radius 2 is 1.68 bits per heavy atom. The van der Waals surface area contributed by atoms with Crippen molar-refractivity contribution in [2.24, 2.45) is 9.98 Å². The van der Waals surface area contributed by atoms with E-state index < -0.39 is 0 Å². The zero-order valence-corrected chi connectivity index (χ0v) is 11.8. The quantitative estimate of drug-likeness (QED) is 0.465. The number of benzene rings is 2. The number of aliphatic imine (C=N–C) groups is 2. The SMILES string of the molecule is Cc1ccc(OCOc2ccc(N=C=O)cc2)c(N=C=O)c1. The van der Waals surface area contributed by atoms with Gasteiger partial charge in [-0.3, -0.25) is 0 Å². The molecule has 0 aliphatic heterocycles. The zero-order valence-electron chi connectivity index (χ0n) is 11.8. The maximum absolute atomic E-state index is 10.4. The standard InChI is InChI=1S/C16H12N2O4/c1-12-2-7-16(15(8-12)18-10-20)22-11-21-14-5-3-13(4-6-14)17-9-19/h2-8H,11H2,1H3. The lowest BCUT2D eigenvalue weighted by Gasteiger charge is -2.10. The molecule has 0 aliphatic rings. The third-order valence-electron chi connectivity index (χ3n) is 2.73. The lowest BCUT2D eigenvalue weighted by atomic mass is 10.2. The summed E-state index contributed by atoms with van der Waals surface area (Å²) < 4.78 is 10.8. The first-order valence-electron chi connectivity index (χ1n) is 6.35. The van der Waals surface area contributed by atoms with Crippen LogP contribution in [0.15, 0.2) is 52.4 Å². The Bertz CT molecular complexity index is 743. The summed E-state index contributed by atoms with van der Waals surface area (Å²) >= 11 is 0. The molecular formula is C16H12N2O4. The predicted molar refractivity (Wildman–Crippen MR) is 79.3 cm³/mol. The summed E-state index contributed by atoms with van der Waals surface area (Å²) in [5, 5.41) is 0. The van der Waals surface area contributed by atoms with Crippen LogP contribution >= 0.6 is 0 Å². The number of aryl methyl sites for hydroxylation is 1. The molecule has 0 saturated heterocycles. The van der Waals surface area contributed by atoms with Crippen molar-refractivity contribution >= 4 is 23.5 Å². The molecule has 0 saturated carbocycles. The van der Waals surface area contributed by atoms with Crippen LogP contribution in [0.2, 0.25) is 0 Å². The minimum absolute atomic E-state index is 0.0548. The van der Waals surface area contributed by atoms with E-state index in [9.17, 15) is 9.59 Å². The fourth-order valence-corrected chi connectivity index (χ4v) is 1.72. The van der Waals surface area contributed by atoms with Gasteiger partial charge in [-0.05, 0) is 48.9 Å². The second kappa shape index (κ2) is 7.55. The molecule has 0 aromatic heterocycles. The minimum Gasteiger partial charge on any atom is -0.457 e. The molecule has 22 heavy (non-hydrogen) atoms. The van der Waals surface area contributed by atoms with Gasteiger partial charge in [-0.15, -0.1) is 0 Å². The summed E-state index contributed by atoms with van der Waals surface area (Å²) in [6.07, 6.45) is 2.95.